The molecular weight excluding hydrogens is 257 g/mol. The highest BCUT2D eigenvalue weighted by Crippen LogP contribution is 2.08. The number of hydrogen-bond acceptors (Lipinski definition) is 1. The smallest absolute Gasteiger partial charge is 0.253 e. The average molecular weight is 276 g/mol. The van der Waals surface area contributed by atoms with Crippen LogP contribution in [0.1, 0.15) is 29.8 Å². The highest BCUT2D eigenvalue weighted by Gasteiger charge is 2.11. The largest absolute Gasteiger partial charge is 0.339 e. The minimum Gasteiger partial charge on any atom is -0.339 e. The third kappa shape index (κ3) is 4.57. The quantitative estimate of drug-likeness (QED) is 0.755. The van der Waals surface area contributed by atoms with Crippen LogP contribution in [0.15, 0.2) is 24.3 Å². The molecule has 0 saturated heterocycles. The zero-order chi connectivity index (χ0) is 12.0. The van der Waals surface area contributed by atoms with Gasteiger partial charge in [-0.2, -0.15) is 0 Å². The molecule has 0 aromatic heterocycles. The number of amides is 1. The summed E-state index contributed by atoms with van der Waals surface area (Å²) in [6.45, 7) is 5.48. The summed E-state index contributed by atoms with van der Waals surface area (Å²) in [5, 5.41) is 0. The van der Waals surface area contributed by atoms with Crippen LogP contribution in [0.2, 0.25) is 0 Å². The summed E-state index contributed by atoms with van der Waals surface area (Å²) in [6, 6.07) is 7.70. The third-order valence-electron chi connectivity index (χ3n) is 2.63. The number of rotatable bonds is 5. The summed E-state index contributed by atoms with van der Waals surface area (Å²) in [6.07, 6.45) is 0.849. The van der Waals surface area contributed by atoms with Crippen LogP contribution < -0.4 is 0 Å². The molecule has 0 spiro atoms. The maximum Gasteiger partial charge on any atom is 0.253 e. The van der Waals surface area contributed by atoms with Gasteiger partial charge in [0, 0.05) is 24.5 Å². The van der Waals surface area contributed by atoms with E-state index in [-0.39, 0.29) is 18.3 Å². The highest BCUT2D eigenvalue weighted by atomic mass is 35.5. The molecule has 1 rings (SSSR count). The van der Waals surface area contributed by atoms with Gasteiger partial charge in [-0.15, -0.1) is 24.0 Å². The van der Waals surface area contributed by atoms with E-state index in [9.17, 15) is 4.79 Å². The van der Waals surface area contributed by atoms with Crippen LogP contribution in [0.25, 0.3) is 0 Å². The first-order valence-electron chi connectivity index (χ1n) is 5.67. The maximum absolute atomic E-state index is 12.0. The SMILES string of the molecule is CCN(CC)C(=O)c1ccc(CCCl)cc1.Cl. The Hall–Kier alpha value is -0.730. The van der Waals surface area contributed by atoms with E-state index >= 15 is 0 Å². The molecule has 1 aromatic rings. The number of hydrogen-bond donors (Lipinski definition) is 0. The lowest BCUT2D eigenvalue weighted by Gasteiger charge is -2.18. The van der Waals surface area contributed by atoms with Crippen LogP contribution in [0, 0.1) is 0 Å². The predicted molar refractivity (Wildman–Crippen MR) is 75.4 cm³/mol. The molecule has 0 bridgehead atoms. The minimum atomic E-state index is 0. The van der Waals surface area contributed by atoms with E-state index in [1.165, 1.54) is 5.56 Å². The second kappa shape index (κ2) is 8.37. The number of carbonyl (C=O) groups excluding carboxylic acids is 1. The summed E-state index contributed by atoms with van der Waals surface area (Å²) < 4.78 is 0. The van der Waals surface area contributed by atoms with Crippen molar-refractivity contribution in [3.8, 4) is 0 Å². The lowest BCUT2D eigenvalue weighted by molar-refractivity contribution is 0.0773. The van der Waals surface area contributed by atoms with Gasteiger partial charge in [0.05, 0.1) is 0 Å². The number of carbonyl (C=O) groups is 1. The molecule has 1 amide bonds. The molecule has 4 heteroatoms. The molecule has 0 fully saturated rings. The molecule has 2 nitrogen and oxygen atoms in total. The topological polar surface area (TPSA) is 20.3 Å². The van der Waals surface area contributed by atoms with E-state index in [0.717, 1.165) is 25.1 Å². The zero-order valence-corrected chi connectivity index (χ0v) is 11.9. The Morgan fingerprint density at radius 1 is 1.18 bits per heavy atom. The molecule has 0 unspecified atom stereocenters. The van der Waals surface area contributed by atoms with Gasteiger partial charge in [0.2, 0.25) is 0 Å². The van der Waals surface area contributed by atoms with E-state index in [2.05, 4.69) is 0 Å². The van der Waals surface area contributed by atoms with Crippen LogP contribution in [0.5, 0.6) is 0 Å². The molecule has 0 aliphatic carbocycles. The van der Waals surface area contributed by atoms with Gasteiger partial charge >= 0.3 is 0 Å². The van der Waals surface area contributed by atoms with Crippen molar-refractivity contribution in [2.75, 3.05) is 19.0 Å². The van der Waals surface area contributed by atoms with Crippen molar-refractivity contribution < 1.29 is 4.79 Å². The Labute approximate surface area is 114 Å². The Kier molecular flexibility index (Phi) is 8.01. The minimum absolute atomic E-state index is 0. The summed E-state index contributed by atoms with van der Waals surface area (Å²) in [7, 11) is 0. The van der Waals surface area contributed by atoms with Gasteiger partial charge in [0.1, 0.15) is 0 Å². The van der Waals surface area contributed by atoms with E-state index in [0.29, 0.717) is 5.88 Å². The summed E-state index contributed by atoms with van der Waals surface area (Å²) >= 11 is 5.66. The number of halogens is 2. The normalized spacial score (nSPS) is 9.59. The standard InChI is InChI=1S/C13H18ClNO.ClH/c1-3-15(4-2)13(16)12-7-5-11(6-8-12)9-10-14;/h5-8H,3-4,9-10H2,1-2H3;1H. The van der Waals surface area contributed by atoms with Crippen molar-refractivity contribution in [2.24, 2.45) is 0 Å². The summed E-state index contributed by atoms with van der Waals surface area (Å²) in [4.78, 5) is 13.8. The first-order valence-corrected chi connectivity index (χ1v) is 6.20. The molecular formula is C13H19Cl2NO. The van der Waals surface area contributed by atoms with Crippen LogP contribution in [-0.4, -0.2) is 29.8 Å². The van der Waals surface area contributed by atoms with Gasteiger partial charge in [-0.1, -0.05) is 12.1 Å². The molecule has 1 aromatic carbocycles. The molecule has 0 heterocycles. The van der Waals surface area contributed by atoms with Crippen molar-refractivity contribution in [1.82, 2.24) is 4.90 Å². The highest BCUT2D eigenvalue weighted by molar-refractivity contribution is 6.18. The number of aryl methyl sites for hydroxylation is 1. The van der Waals surface area contributed by atoms with Crippen molar-refractivity contribution in [2.45, 2.75) is 20.3 Å². The van der Waals surface area contributed by atoms with Gasteiger partial charge in [-0.05, 0) is 38.0 Å². The van der Waals surface area contributed by atoms with Crippen molar-refractivity contribution in [1.29, 1.82) is 0 Å². The monoisotopic (exact) mass is 275 g/mol. The van der Waals surface area contributed by atoms with Crippen LogP contribution >= 0.6 is 24.0 Å². The van der Waals surface area contributed by atoms with E-state index in [1.54, 1.807) is 0 Å². The number of nitrogens with zero attached hydrogens (tertiary/aromatic N) is 1. The Morgan fingerprint density at radius 3 is 2.12 bits per heavy atom. The van der Waals surface area contributed by atoms with Gasteiger partial charge in [-0.3, -0.25) is 4.79 Å². The van der Waals surface area contributed by atoms with Gasteiger partial charge in [-0.25, -0.2) is 0 Å². The molecule has 0 N–H and O–H groups in total. The predicted octanol–water partition coefficient (Wildman–Crippen LogP) is 3.37. The van der Waals surface area contributed by atoms with Gasteiger partial charge < -0.3 is 4.90 Å². The molecule has 0 aliphatic heterocycles. The lowest BCUT2D eigenvalue weighted by atomic mass is 10.1. The Balaban J connectivity index is 0.00000256. The zero-order valence-electron chi connectivity index (χ0n) is 10.3. The van der Waals surface area contributed by atoms with Crippen LogP contribution in [-0.2, 0) is 6.42 Å². The fourth-order valence-electron chi connectivity index (χ4n) is 1.62. The van der Waals surface area contributed by atoms with E-state index < -0.39 is 0 Å². The van der Waals surface area contributed by atoms with Crippen molar-refractivity contribution >= 4 is 29.9 Å². The maximum atomic E-state index is 12.0. The van der Waals surface area contributed by atoms with Crippen molar-refractivity contribution in [3.63, 3.8) is 0 Å². The van der Waals surface area contributed by atoms with Crippen molar-refractivity contribution in [3.05, 3.63) is 35.4 Å². The lowest BCUT2D eigenvalue weighted by Crippen LogP contribution is -2.30. The number of benzene rings is 1. The molecule has 0 radical (unpaired) electrons. The second-order valence-electron chi connectivity index (χ2n) is 3.61. The Morgan fingerprint density at radius 2 is 1.71 bits per heavy atom. The molecule has 0 aliphatic rings. The fraction of sp³-hybridized carbons (Fsp3) is 0.462. The number of alkyl halides is 1. The van der Waals surface area contributed by atoms with Crippen LogP contribution in [0.3, 0.4) is 0 Å². The van der Waals surface area contributed by atoms with E-state index in [1.807, 2.05) is 43.0 Å². The summed E-state index contributed by atoms with van der Waals surface area (Å²) in [5.41, 5.74) is 1.92. The average Bonchev–Trinajstić information content (AvgIpc) is 2.32. The fourth-order valence-corrected chi connectivity index (χ4v) is 1.83. The first-order chi connectivity index (χ1) is 7.72. The molecule has 96 valence electrons. The third-order valence-corrected chi connectivity index (χ3v) is 2.82. The van der Waals surface area contributed by atoms with Gasteiger partial charge in [0.15, 0.2) is 0 Å². The molecule has 0 saturated carbocycles. The summed E-state index contributed by atoms with van der Waals surface area (Å²) in [5.74, 6) is 0.714. The molecule has 0 atom stereocenters. The second-order valence-corrected chi connectivity index (χ2v) is 3.99. The van der Waals surface area contributed by atoms with Gasteiger partial charge in [0.25, 0.3) is 5.91 Å². The first kappa shape index (κ1) is 16.3. The van der Waals surface area contributed by atoms with E-state index in [4.69, 9.17) is 11.6 Å². The van der Waals surface area contributed by atoms with Crippen LogP contribution in [0.4, 0.5) is 0 Å². The molecule has 17 heavy (non-hydrogen) atoms. The Bertz CT molecular complexity index is 334.